The molecule has 0 spiro atoms. The molecule has 0 fully saturated rings. The zero-order chi connectivity index (χ0) is 18.1. The van der Waals surface area contributed by atoms with Gasteiger partial charge in [-0.2, -0.15) is 10.2 Å². The van der Waals surface area contributed by atoms with E-state index in [-0.39, 0.29) is 11.6 Å². The first kappa shape index (κ1) is 16.2. The van der Waals surface area contributed by atoms with Crippen molar-refractivity contribution in [2.45, 2.75) is 0 Å². The molecule has 0 unspecified atom stereocenters. The molecule has 1 amide bonds. The van der Waals surface area contributed by atoms with Crippen LogP contribution in [0.15, 0.2) is 65.4 Å². The number of aromatic nitrogens is 4. The van der Waals surface area contributed by atoms with Crippen molar-refractivity contribution in [3.05, 3.63) is 71.7 Å². The highest BCUT2D eigenvalue weighted by molar-refractivity contribution is 6.30. The number of nitrogens with one attached hydrogen (secondary N) is 1. The molecule has 0 aliphatic heterocycles. The van der Waals surface area contributed by atoms with Crippen molar-refractivity contribution in [1.29, 1.82) is 0 Å². The van der Waals surface area contributed by atoms with E-state index in [1.165, 1.54) is 0 Å². The number of benzene rings is 1. The summed E-state index contributed by atoms with van der Waals surface area (Å²) < 4.78 is 8.71. The Morgan fingerprint density at radius 2 is 2.04 bits per heavy atom. The van der Waals surface area contributed by atoms with Crippen LogP contribution in [0.25, 0.3) is 17.1 Å². The van der Waals surface area contributed by atoms with Gasteiger partial charge in [-0.25, -0.2) is 4.68 Å². The lowest BCUT2D eigenvalue weighted by atomic mass is 10.2. The second-order valence-electron chi connectivity index (χ2n) is 5.61. The van der Waals surface area contributed by atoms with Gasteiger partial charge in [-0.3, -0.25) is 9.48 Å². The number of amides is 1. The molecule has 0 aliphatic rings. The molecule has 4 aromatic rings. The van der Waals surface area contributed by atoms with Gasteiger partial charge in [0.25, 0.3) is 5.91 Å². The van der Waals surface area contributed by atoms with Crippen molar-refractivity contribution in [1.82, 2.24) is 19.6 Å². The molecule has 0 bridgehead atoms. The Bertz CT molecular complexity index is 1070. The summed E-state index contributed by atoms with van der Waals surface area (Å²) in [5, 5.41) is 11.9. The van der Waals surface area contributed by atoms with Gasteiger partial charge in [0.1, 0.15) is 5.69 Å². The monoisotopic (exact) mass is 367 g/mol. The number of hydrogen-bond donors (Lipinski definition) is 1. The molecular formula is C18H14ClN5O2. The molecule has 26 heavy (non-hydrogen) atoms. The smallest absolute Gasteiger partial charge is 0.277 e. The van der Waals surface area contributed by atoms with E-state index in [1.54, 1.807) is 65.3 Å². The first-order valence-corrected chi connectivity index (χ1v) is 8.19. The third-order valence-electron chi connectivity index (χ3n) is 3.72. The minimum atomic E-state index is -0.364. The maximum absolute atomic E-state index is 12.6. The number of nitrogens with zero attached hydrogens (tertiary/aromatic N) is 4. The Kier molecular flexibility index (Phi) is 4.06. The predicted octanol–water partition coefficient (Wildman–Crippen LogP) is 3.77. The predicted molar refractivity (Wildman–Crippen MR) is 97.4 cm³/mol. The molecule has 4 rings (SSSR count). The minimum absolute atomic E-state index is 0.238. The van der Waals surface area contributed by atoms with Crippen LogP contribution in [-0.4, -0.2) is 25.5 Å². The van der Waals surface area contributed by atoms with Gasteiger partial charge in [0.05, 0.1) is 12.0 Å². The van der Waals surface area contributed by atoms with Crippen molar-refractivity contribution in [2.75, 3.05) is 5.32 Å². The Morgan fingerprint density at radius 3 is 2.73 bits per heavy atom. The molecule has 1 N–H and O–H groups in total. The fourth-order valence-corrected chi connectivity index (χ4v) is 2.74. The van der Waals surface area contributed by atoms with Crippen LogP contribution in [0.3, 0.4) is 0 Å². The van der Waals surface area contributed by atoms with Gasteiger partial charge in [0.15, 0.2) is 17.3 Å². The highest BCUT2D eigenvalue weighted by Crippen LogP contribution is 2.26. The average Bonchev–Trinajstić information content (AvgIpc) is 3.34. The molecule has 0 atom stereocenters. The summed E-state index contributed by atoms with van der Waals surface area (Å²) in [6.07, 6.45) is 3.31. The summed E-state index contributed by atoms with van der Waals surface area (Å²) in [7, 11) is 1.78. The first-order chi connectivity index (χ1) is 12.6. The zero-order valence-corrected chi connectivity index (χ0v) is 14.5. The van der Waals surface area contributed by atoms with E-state index in [4.69, 9.17) is 16.0 Å². The summed E-state index contributed by atoms with van der Waals surface area (Å²) in [6, 6.07) is 14.2. The van der Waals surface area contributed by atoms with Crippen LogP contribution in [-0.2, 0) is 7.05 Å². The van der Waals surface area contributed by atoms with Crippen LogP contribution in [0.2, 0.25) is 5.02 Å². The molecule has 0 saturated heterocycles. The normalized spacial score (nSPS) is 10.8. The fourth-order valence-electron chi connectivity index (χ4n) is 2.56. The zero-order valence-electron chi connectivity index (χ0n) is 13.8. The summed E-state index contributed by atoms with van der Waals surface area (Å²) in [6.45, 7) is 0. The van der Waals surface area contributed by atoms with Crippen molar-refractivity contribution >= 4 is 23.3 Å². The maximum atomic E-state index is 12.6. The second kappa shape index (κ2) is 6.53. The molecule has 130 valence electrons. The van der Waals surface area contributed by atoms with Crippen molar-refractivity contribution in [3.63, 3.8) is 0 Å². The van der Waals surface area contributed by atoms with Gasteiger partial charge >= 0.3 is 0 Å². The van der Waals surface area contributed by atoms with Gasteiger partial charge < -0.3 is 9.73 Å². The summed E-state index contributed by atoms with van der Waals surface area (Å²) in [5.41, 5.74) is 1.60. The quantitative estimate of drug-likeness (QED) is 0.595. The lowest BCUT2D eigenvalue weighted by Crippen LogP contribution is -2.13. The van der Waals surface area contributed by atoms with Crippen LogP contribution in [0.4, 0.5) is 5.82 Å². The van der Waals surface area contributed by atoms with Crippen LogP contribution in [0.1, 0.15) is 10.5 Å². The van der Waals surface area contributed by atoms with Gasteiger partial charge in [0.2, 0.25) is 0 Å². The third-order valence-corrected chi connectivity index (χ3v) is 3.96. The molecule has 0 saturated carbocycles. The van der Waals surface area contributed by atoms with Gasteiger partial charge in [0, 0.05) is 30.4 Å². The number of hydrogen-bond acceptors (Lipinski definition) is 4. The number of anilines is 1. The SMILES string of the molecule is Cn1ccc(NC(=O)c2cc(-c3ccco3)n(-c3cccc(Cl)c3)n2)n1. The molecule has 3 heterocycles. The molecular weight excluding hydrogens is 354 g/mol. The van der Waals surface area contributed by atoms with Crippen molar-refractivity contribution in [2.24, 2.45) is 7.05 Å². The van der Waals surface area contributed by atoms with Gasteiger partial charge in [-0.05, 0) is 30.3 Å². The van der Waals surface area contributed by atoms with Crippen LogP contribution < -0.4 is 5.32 Å². The lowest BCUT2D eigenvalue weighted by molar-refractivity contribution is 0.102. The fraction of sp³-hybridized carbons (Fsp3) is 0.0556. The number of carbonyl (C=O) groups is 1. The summed E-state index contributed by atoms with van der Waals surface area (Å²) >= 11 is 6.10. The summed E-state index contributed by atoms with van der Waals surface area (Å²) in [4.78, 5) is 12.6. The van der Waals surface area contributed by atoms with E-state index in [2.05, 4.69) is 15.5 Å². The van der Waals surface area contributed by atoms with E-state index < -0.39 is 0 Å². The van der Waals surface area contributed by atoms with Gasteiger partial charge in [-0.15, -0.1) is 0 Å². The highest BCUT2D eigenvalue weighted by atomic mass is 35.5. The van der Waals surface area contributed by atoms with Crippen LogP contribution >= 0.6 is 11.6 Å². The molecule has 3 aromatic heterocycles. The molecule has 0 aliphatic carbocycles. The van der Waals surface area contributed by atoms with E-state index in [1.807, 2.05) is 12.1 Å². The Hall–Kier alpha value is -3.32. The maximum Gasteiger partial charge on any atom is 0.277 e. The topological polar surface area (TPSA) is 77.9 Å². The Labute approximate surface area is 153 Å². The number of furan rings is 1. The van der Waals surface area contributed by atoms with Crippen molar-refractivity contribution in [3.8, 4) is 17.1 Å². The van der Waals surface area contributed by atoms with E-state index in [9.17, 15) is 4.79 Å². The van der Waals surface area contributed by atoms with E-state index >= 15 is 0 Å². The number of halogens is 1. The standard InChI is InChI=1S/C18H14ClN5O2/c1-23-8-7-17(22-23)20-18(25)14-11-15(16-6-3-9-26-16)24(21-14)13-5-2-4-12(19)10-13/h2-11H,1H3,(H,20,22,25). The highest BCUT2D eigenvalue weighted by Gasteiger charge is 2.19. The molecule has 1 aromatic carbocycles. The van der Waals surface area contributed by atoms with Crippen LogP contribution in [0, 0.1) is 0 Å². The molecule has 0 radical (unpaired) electrons. The number of aryl methyl sites for hydroxylation is 1. The van der Waals surface area contributed by atoms with Gasteiger partial charge in [-0.1, -0.05) is 17.7 Å². The molecule has 8 heteroatoms. The van der Waals surface area contributed by atoms with E-state index in [0.717, 1.165) is 5.69 Å². The second-order valence-corrected chi connectivity index (χ2v) is 6.05. The average molecular weight is 368 g/mol. The van der Waals surface area contributed by atoms with Crippen molar-refractivity contribution < 1.29 is 9.21 Å². The van der Waals surface area contributed by atoms with E-state index in [0.29, 0.717) is 22.3 Å². The first-order valence-electron chi connectivity index (χ1n) is 7.81. The largest absolute Gasteiger partial charge is 0.463 e. The number of carbonyl (C=O) groups excluding carboxylic acids is 1. The third kappa shape index (κ3) is 3.12. The lowest BCUT2D eigenvalue weighted by Gasteiger charge is -2.05. The minimum Gasteiger partial charge on any atom is -0.463 e. The Morgan fingerprint density at radius 1 is 1.15 bits per heavy atom. The molecule has 7 nitrogen and oxygen atoms in total. The Balaban J connectivity index is 1.75. The number of rotatable bonds is 4. The van der Waals surface area contributed by atoms with Crippen LogP contribution in [0.5, 0.6) is 0 Å². The summed E-state index contributed by atoms with van der Waals surface area (Å²) in [5.74, 6) is 0.681.